The van der Waals surface area contributed by atoms with Crippen molar-refractivity contribution in [2.24, 2.45) is 0 Å². The molecule has 0 bridgehead atoms. The molecule has 4 rings (SSSR count). The molecule has 1 fully saturated rings. The van der Waals surface area contributed by atoms with E-state index in [1.807, 2.05) is 91.0 Å². The molecule has 1 N–H and O–H groups in total. The summed E-state index contributed by atoms with van der Waals surface area (Å²) in [6, 6.07) is 25.0. The van der Waals surface area contributed by atoms with Gasteiger partial charge in [-0.15, -0.1) is 0 Å². The Balaban J connectivity index is 1.66. The number of nitrogens with zero attached hydrogens (tertiary/aromatic N) is 1. The SMILES string of the molecule is C=CCOC(=O)[C@@H](NC(=O)OC(C)(C)C)[C@@H](C)O[C@@H]1O[C@H](COCc2ccccc2)[C@H](OCc2ccccc2)[C@H](OCc2ccccc2)[C@H]1[N+](=O)[O-]. The van der Waals surface area contributed by atoms with Crippen molar-refractivity contribution in [3.05, 3.63) is 130 Å². The summed E-state index contributed by atoms with van der Waals surface area (Å²) in [6.45, 7) is 10.2. The molecule has 1 aliphatic rings. The van der Waals surface area contributed by atoms with Crippen LogP contribution in [0.2, 0.25) is 0 Å². The second kappa shape index (κ2) is 19.8. The highest BCUT2D eigenvalue weighted by Crippen LogP contribution is 2.31. The first-order valence-electron chi connectivity index (χ1n) is 17.1. The quantitative estimate of drug-likeness (QED) is 0.0737. The number of rotatable bonds is 18. The molecule has 3 aromatic carbocycles. The zero-order chi connectivity index (χ0) is 37.5. The predicted molar refractivity (Wildman–Crippen MR) is 190 cm³/mol. The van der Waals surface area contributed by atoms with Gasteiger partial charge in [-0.05, 0) is 44.4 Å². The maximum atomic E-state index is 13.2. The van der Waals surface area contributed by atoms with Crippen molar-refractivity contribution in [3.8, 4) is 0 Å². The first-order chi connectivity index (χ1) is 24.9. The van der Waals surface area contributed by atoms with Crippen molar-refractivity contribution in [3.63, 3.8) is 0 Å². The standard InChI is InChI=1S/C39H48N2O11/c1-6-22-47-36(42)32(40-38(43)52-39(3,4)5)27(2)50-37-33(41(44)45)35(49-25-30-20-14-9-15-21-30)34(48-24-29-18-12-8-13-19-29)31(51-37)26-46-23-28-16-10-7-11-17-28/h6-21,27,31-35,37H,1,22-26H2,2-5H3,(H,40,43)/t27-,31-,32+,33-,34+,35-,37-/m1/s1. The van der Waals surface area contributed by atoms with Crippen molar-refractivity contribution < 1.29 is 47.7 Å². The lowest BCUT2D eigenvalue weighted by molar-refractivity contribution is -0.578. The third-order valence-electron chi connectivity index (χ3n) is 7.91. The zero-order valence-corrected chi connectivity index (χ0v) is 30.0. The van der Waals surface area contributed by atoms with E-state index in [1.54, 1.807) is 20.8 Å². The van der Waals surface area contributed by atoms with Gasteiger partial charge >= 0.3 is 12.1 Å². The van der Waals surface area contributed by atoms with Crippen LogP contribution in [0.1, 0.15) is 44.4 Å². The maximum absolute atomic E-state index is 13.2. The molecule has 0 aromatic heterocycles. The number of ether oxygens (including phenoxy) is 7. The Morgan fingerprint density at radius 3 is 1.90 bits per heavy atom. The number of nitro groups is 1. The van der Waals surface area contributed by atoms with Gasteiger partial charge in [-0.25, -0.2) is 9.59 Å². The maximum Gasteiger partial charge on any atom is 0.408 e. The van der Waals surface area contributed by atoms with Crippen molar-refractivity contribution in [2.45, 2.75) is 95.9 Å². The van der Waals surface area contributed by atoms with Crippen LogP contribution in [0.4, 0.5) is 4.79 Å². The number of alkyl carbamates (subject to hydrolysis) is 1. The topological polar surface area (TPSA) is 154 Å². The molecule has 0 spiro atoms. The van der Waals surface area contributed by atoms with Gasteiger partial charge in [-0.2, -0.15) is 0 Å². The summed E-state index contributed by atoms with van der Waals surface area (Å²) in [7, 11) is 0. The molecule has 0 unspecified atom stereocenters. The first kappa shape index (κ1) is 40.1. The number of carbonyl (C=O) groups excluding carboxylic acids is 2. The Labute approximate surface area is 304 Å². The van der Waals surface area contributed by atoms with Gasteiger partial charge in [-0.1, -0.05) is 104 Å². The summed E-state index contributed by atoms with van der Waals surface area (Å²) in [5, 5.41) is 15.4. The average Bonchev–Trinajstić information content (AvgIpc) is 3.11. The molecule has 280 valence electrons. The van der Waals surface area contributed by atoms with E-state index in [9.17, 15) is 19.7 Å². The van der Waals surface area contributed by atoms with Crippen LogP contribution in [0.5, 0.6) is 0 Å². The fourth-order valence-electron chi connectivity index (χ4n) is 5.48. The van der Waals surface area contributed by atoms with Crippen LogP contribution < -0.4 is 5.32 Å². The van der Waals surface area contributed by atoms with Crippen LogP contribution in [0.15, 0.2) is 104 Å². The van der Waals surface area contributed by atoms with E-state index < -0.39 is 65.4 Å². The third-order valence-corrected chi connectivity index (χ3v) is 7.91. The predicted octanol–water partition coefficient (Wildman–Crippen LogP) is 5.77. The molecular formula is C39H48N2O11. The molecule has 0 aliphatic carbocycles. The molecule has 1 saturated heterocycles. The number of amides is 1. The lowest BCUT2D eigenvalue weighted by Gasteiger charge is -2.43. The Morgan fingerprint density at radius 1 is 0.885 bits per heavy atom. The van der Waals surface area contributed by atoms with Crippen LogP contribution in [0.3, 0.4) is 0 Å². The Hall–Kier alpha value is -4.66. The number of benzene rings is 3. The van der Waals surface area contributed by atoms with E-state index in [0.717, 1.165) is 16.7 Å². The third kappa shape index (κ3) is 12.5. The molecule has 0 saturated carbocycles. The Morgan fingerprint density at radius 2 is 1.40 bits per heavy atom. The second-order valence-electron chi connectivity index (χ2n) is 13.2. The van der Waals surface area contributed by atoms with E-state index in [1.165, 1.54) is 13.0 Å². The van der Waals surface area contributed by atoms with Crippen molar-refractivity contribution in [1.29, 1.82) is 0 Å². The highest BCUT2D eigenvalue weighted by Gasteiger charge is 2.56. The average molecular weight is 721 g/mol. The van der Waals surface area contributed by atoms with Crippen LogP contribution in [0.25, 0.3) is 0 Å². The molecule has 1 heterocycles. The monoisotopic (exact) mass is 720 g/mol. The molecule has 3 aromatic rings. The fourth-order valence-corrected chi connectivity index (χ4v) is 5.48. The van der Waals surface area contributed by atoms with Gasteiger partial charge in [-0.3, -0.25) is 10.1 Å². The van der Waals surface area contributed by atoms with Crippen LogP contribution in [0, 0.1) is 10.1 Å². The minimum atomic E-state index is -1.64. The van der Waals surface area contributed by atoms with E-state index in [4.69, 9.17) is 33.2 Å². The van der Waals surface area contributed by atoms with E-state index in [0.29, 0.717) is 0 Å². The summed E-state index contributed by atoms with van der Waals surface area (Å²) >= 11 is 0. The number of esters is 1. The Bertz CT molecular complexity index is 1550. The molecule has 13 nitrogen and oxygen atoms in total. The largest absolute Gasteiger partial charge is 0.460 e. The number of hydrogen-bond donors (Lipinski definition) is 1. The van der Waals surface area contributed by atoms with Gasteiger partial charge in [0.05, 0.1) is 32.5 Å². The highest BCUT2D eigenvalue weighted by molar-refractivity contribution is 5.82. The van der Waals surface area contributed by atoms with E-state index in [-0.39, 0.29) is 33.0 Å². The van der Waals surface area contributed by atoms with Crippen LogP contribution in [-0.4, -0.2) is 78.6 Å². The normalized spacial score (nSPS) is 21.3. The Kier molecular flexibility index (Phi) is 15.3. The minimum Gasteiger partial charge on any atom is -0.460 e. The number of carbonyl (C=O) groups is 2. The van der Waals surface area contributed by atoms with Gasteiger partial charge in [0.15, 0.2) is 12.1 Å². The van der Waals surface area contributed by atoms with Crippen LogP contribution in [-0.2, 0) is 57.8 Å². The van der Waals surface area contributed by atoms with E-state index >= 15 is 0 Å². The summed E-state index contributed by atoms with van der Waals surface area (Å²) in [5.74, 6) is -0.865. The summed E-state index contributed by atoms with van der Waals surface area (Å²) in [5.41, 5.74) is 1.66. The van der Waals surface area contributed by atoms with Gasteiger partial charge < -0.3 is 38.5 Å². The zero-order valence-electron chi connectivity index (χ0n) is 30.0. The summed E-state index contributed by atoms with van der Waals surface area (Å²) in [4.78, 5) is 38.4. The first-order valence-corrected chi connectivity index (χ1v) is 17.1. The van der Waals surface area contributed by atoms with E-state index in [2.05, 4.69) is 11.9 Å². The van der Waals surface area contributed by atoms with Gasteiger partial charge in [0.25, 0.3) is 6.04 Å². The molecular weight excluding hydrogens is 672 g/mol. The molecule has 1 amide bonds. The number of hydrogen-bond acceptors (Lipinski definition) is 11. The van der Waals surface area contributed by atoms with Crippen molar-refractivity contribution in [2.75, 3.05) is 13.2 Å². The summed E-state index contributed by atoms with van der Waals surface area (Å²) in [6.07, 6.45) is -5.46. The molecule has 52 heavy (non-hydrogen) atoms. The van der Waals surface area contributed by atoms with Gasteiger partial charge in [0.1, 0.15) is 24.4 Å². The molecule has 0 radical (unpaired) electrons. The van der Waals surface area contributed by atoms with Crippen molar-refractivity contribution in [1.82, 2.24) is 5.32 Å². The van der Waals surface area contributed by atoms with Crippen molar-refractivity contribution >= 4 is 12.1 Å². The summed E-state index contributed by atoms with van der Waals surface area (Å²) < 4.78 is 42.0. The van der Waals surface area contributed by atoms with Gasteiger partial charge in [0.2, 0.25) is 6.29 Å². The lowest BCUT2D eigenvalue weighted by atomic mass is 9.96. The smallest absolute Gasteiger partial charge is 0.408 e. The fraction of sp³-hybridized carbons (Fsp3) is 0.436. The lowest BCUT2D eigenvalue weighted by Crippen LogP contribution is -2.64. The molecule has 7 atom stereocenters. The minimum absolute atomic E-state index is 0.0254. The number of nitrogens with one attached hydrogen (secondary N) is 1. The highest BCUT2D eigenvalue weighted by atomic mass is 16.7. The van der Waals surface area contributed by atoms with Gasteiger partial charge in [0, 0.05) is 4.92 Å². The van der Waals surface area contributed by atoms with Crippen LogP contribution >= 0.6 is 0 Å². The molecule has 1 aliphatic heterocycles. The molecule has 13 heteroatoms. The second-order valence-corrected chi connectivity index (χ2v) is 13.2.